The third-order valence-electron chi connectivity index (χ3n) is 9.16. The van der Waals surface area contributed by atoms with E-state index in [1.807, 2.05) is 48.5 Å². The Morgan fingerprint density at radius 2 is 1.15 bits per heavy atom. The molecule has 0 aliphatic rings. The molecule has 0 spiro atoms. The van der Waals surface area contributed by atoms with Gasteiger partial charge in [-0.3, -0.25) is 4.57 Å². The zero-order valence-corrected chi connectivity index (χ0v) is 24.9. The Morgan fingerprint density at radius 3 is 1.87 bits per heavy atom. The van der Waals surface area contributed by atoms with Gasteiger partial charge >= 0.3 is 0 Å². The molecule has 6 aromatic carbocycles. The quantitative estimate of drug-likeness (QED) is 0.202. The second-order valence-corrected chi connectivity index (χ2v) is 11.8. The van der Waals surface area contributed by atoms with Crippen LogP contribution in [-0.4, -0.2) is 19.1 Å². The average molecular weight is 602 g/mol. The number of fused-ring (bicyclic) bond motifs is 9. The fourth-order valence-electron chi connectivity index (χ4n) is 7.11. The molecule has 0 saturated heterocycles. The molecule has 47 heavy (non-hydrogen) atoms. The Balaban J connectivity index is 1.27. The van der Waals surface area contributed by atoms with Gasteiger partial charge in [-0.15, -0.1) is 0 Å². The minimum atomic E-state index is 0.607. The summed E-state index contributed by atoms with van der Waals surface area (Å²) in [5.74, 6) is 1.31. The van der Waals surface area contributed by atoms with Crippen molar-refractivity contribution in [2.75, 3.05) is 0 Å². The monoisotopic (exact) mass is 601 g/mol. The van der Waals surface area contributed by atoms with Crippen LogP contribution in [0.25, 0.3) is 88.6 Å². The smallest absolute Gasteiger partial charge is 0.197 e. The Labute approximate surface area is 268 Å². The molecule has 10 aromatic rings. The molecule has 0 N–H and O–H groups in total. The van der Waals surface area contributed by atoms with Gasteiger partial charge in [-0.05, 0) is 60.7 Å². The van der Waals surface area contributed by atoms with Gasteiger partial charge in [-0.1, -0.05) is 78.9 Å². The highest BCUT2D eigenvalue weighted by molar-refractivity contribution is 6.12. The summed E-state index contributed by atoms with van der Waals surface area (Å²) in [5.41, 5.74) is 8.90. The third kappa shape index (κ3) is 3.65. The third-order valence-corrected chi connectivity index (χ3v) is 9.16. The van der Waals surface area contributed by atoms with Gasteiger partial charge in [0.25, 0.3) is 0 Å². The molecule has 0 aliphatic carbocycles. The van der Waals surface area contributed by atoms with E-state index in [0.717, 1.165) is 71.3 Å². The fraction of sp³-hybridized carbons (Fsp3) is 0. The second kappa shape index (κ2) is 9.64. The van der Waals surface area contributed by atoms with Crippen molar-refractivity contribution in [3.8, 4) is 29.0 Å². The second-order valence-electron chi connectivity index (χ2n) is 11.8. The summed E-state index contributed by atoms with van der Waals surface area (Å²) in [6.07, 6.45) is 0. The number of nitrogens with zero attached hydrogens (tertiary/aromatic N) is 5. The first-order valence-corrected chi connectivity index (χ1v) is 15.5. The SMILES string of the molecule is N#Cc1ccc2c(c1)c1ccccc1n2-c1cccc(-c2nc(-n3c4ccccc4c4ccccc43)c3oc4ccccc4c3n2)c1. The number of benzene rings is 6. The van der Waals surface area contributed by atoms with Gasteiger partial charge in [0.05, 0.1) is 33.7 Å². The van der Waals surface area contributed by atoms with E-state index in [0.29, 0.717) is 22.8 Å². The van der Waals surface area contributed by atoms with E-state index >= 15 is 0 Å². The van der Waals surface area contributed by atoms with Gasteiger partial charge in [-0.2, -0.15) is 5.26 Å². The maximum atomic E-state index is 9.61. The first-order chi connectivity index (χ1) is 23.3. The standard InChI is InChI=1S/C41H23N5O/c42-24-25-20-21-36-32(22-25)30-14-3-5-16-33(30)45(36)27-11-9-10-26(23-27)40-43-38-31-15-4-8-19-37(31)47-39(38)41(44-40)46-34-17-6-1-12-28(34)29-13-2-7-18-35(29)46/h1-23H. The summed E-state index contributed by atoms with van der Waals surface area (Å²) in [5, 5.41) is 15.0. The van der Waals surface area contributed by atoms with E-state index < -0.39 is 0 Å². The van der Waals surface area contributed by atoms with Crippen molar-refractivity contribution in [2.45, 2.75) is 0 Å². The van der Waals surface area contributed by atoms with Crippen LogP contribution in [0.15, 0.2) is 144 Å². The average Bonchev–Trinajstić information content (AvgIpc) is 3.79. The van der Waals surface area contributed by atoms with Gasteiger partial charge < -0.3 is 8.98 Å². The minimum absolute atomic E-state index is 0.607. The van der Waals surface area contributed by atoms with Crippen LogP contribution in [0.1, 0.15) is 5.56 Å². The van der Waals surface area contributed by atoms with Crippen molar-refractivity contribution in [2.24, 2.45) is 0 Å². The van der Waals surface area contributed by atoms with Crippen LogP contribution in [0.4, 0.5) is 0 Å². The molecule has 0 saturated carbocycles. The van der Waals surface area contributed by atoms with Crippen LogP contribution >= 0.6 is 0 Å². The van der Waals surface area contributed by atoms with Crippen molar-refractivity contribution < 1.29 is 4.42 Å². The van der Waals surface area contributed by atoms with Gasteiger partial charge in [0.15, 0.2) is 17.2 Å². The predicted octanol–water partition coefficient (Wildman–Crippen LogP) is 10.1. The Bertz CT molecular complexity index is 2880. The van der Waals surface area contributed by atoms with Gasteiger partial charge in [0, 0.05) is 38.2 Å². The highest BCUT2D eigenvalue weighted by atomic mass is 16.3. The van der Waals surface area contributed by atoms with Gasteiger partial charge in [0.2, 0.25) is 0 Å². The molecule has 0 bridgehead atoms. The highest BCUT2D eigenvalue weighted by Crippen LogP contribution is 2.38. The molecule has 0 unspecified atom stereocenters. The molecule has 4 heterocycles. The molecule has 0 fully saturated rings. The Hall–Kier alpha value is -6.71. The lowest BCUT2D eigenvalue weighted by molar-refractivity contribution is 0.662. The van der Waals surface area contributed by atoms with Crippen LogP contribution < -0.4 is 0 Å². The summed E-state index contributed by atoms with van der Waals surface area (Å²) in [7, 11) is 0. The molecule has 0 radical (unpaired) electrons. The summed E-state index contributed by atoms with van der Waals surface area (Å²) in [6, 6.07) is 49.7. The molecule has 0 atom stereocenters. The maximum Gasteiger partial charge on any atom is 0.197 e. The van der Waals surface area contributed by atoms with E-state index in [1.54, 1.807) is 0 Å². The lowest BCUT2D eigenvalue weighted by Crippen LogP contribution is -2.02. The predicted molar refractivity (Wildman–Crippen MR) is 188 cm³/mol. The van der Waals surface area contributed by atoms with Crippen molar-refractivity contribution in [1.82, 2.24) is 19.1 Å². The summed E-state index contributed by atoms with van der Waals surface area (Å²) < 4.78 is 11.0. The summed E-state index contributed by atoms with van der Waals surface area (Å²) in [4.78, 5) is 10.5. The summed E-state index contributed by atoms with van der Waals surface area (Å²) in [6.45, 7) is 0. The number of hydrogen-bond donors (Lipinski definition) is 0. The maximum absolute atomic E-state index is 9.61. The molecular weight excluding hydrogens is 578 g/mol. The Morgan fingerprint density at radius 1 is 0.532 bits per heavy atom. The summed E-state index contributed by atoms with van der Waals surface area (Å²) >= 11 is 0. The molecule has 0 amide bonds. The van der Waals surface area contributed by atoms with Crippen LogP contribution in [0, 0.1) is 11.3 Å². The normalized spacial score (nSPS) is 11.8. The number of aromatic nitrogens is 4. The van der Waals surface area contributed by atoms with E-state index in [1.165, 1.54) is 0 Å². The number of furan rings is 1. The van der Waals surface area contributed by atoms with Crippen LogP contribution in [0.2, 0.25) is 0 Å². The number of rotatable bonds is 3. The first kappa shape index (κ1) is 25.6. The zero-order valence-electron chi connectivity index (χ0n) is 24.9. The van der Waals surface area contributed by atoms with Crippen LogP contribution in [0.5, 0.6) is 0 Å². The van der Waals surface area contributed by atoms with Crippen molar-refractivity contribution in [3.63, 3.8) is 0 Å². The van der Waals surface area contributed by atoms with Crippen molar-refractivity contribution >= 4 is 65.7 Å². The molecule has 10 rings (SSSR count). The Kier molecular flexibility index (Phi) is 5.25. The highest BCUT2D eigenvalue weighted by Gasteiger charge is 2.22. The molecule has 4 aromatic heterocycles. The fourth-order valence-corrected chi connectivity index (χ4v) is 7.11. The number of nitriles is 1. The van der Waals surface area contributed by atoms with Gasteiger partial charge in [0.1, 0.15) is 11.1 Å². The van der Waals surface area contributed by atoms with E-state index in [4.69, 9.17) is 14.4 Å². The molecular formula is C41H23N5O. The minimum Gasteiger partial charge on any atom is -0.450 e. The topological polar surface area (TPSA) is 72.6 Å². The molecule has 6 nitrogen and oxygen atoms in total. The lowest BCUT2D eigenvalue weighted by atomic mass is 10.1. The van der Waals surface area contributed by atoms with Crippen LogP contribution in [-0.2, 0) is 0 Å². The number of hydrogen-bond acceptors (Lipinski definition) is 4. The van der Waals surface area contributed by atoms with E-state index in [9.17, 15) is 5.26 Å². The molecule has 218 valence electrons. The van der Waals surface area contributed by atoms with Crippen molar-refractivity contribution in [1.29, 1.82) is 5.26 Å². The van der Waals surface area contributed by atoms with Gasteiger partial charge in [-0.25, -0.2) is 9.97 Å². The van der Waals surface area contributed by atoms with Crippen molar-refractivity contribution in [3.05, 3.63) is 145 Å². The van der Waals surface area contributed by atoms with E-state index in [-0.39, 0.29) is 0 Å². The lowest BCUT2D eigenvalue weighted by Gasteiger charge is -2.12. The first-order valence-electron chi connectivity index (χ1n) is 15.5. The van der Waals surface area contributed by atoms with Crippen LogP contribution in [0.3, 0.4) is 0 Å². The molecule has 0 aliphatic heterocycles. The largest absolute Gasteiger partial charge is 0.450 e. The molecule has 6 heteroatoms. The van der Waals surface area contributed by atoms with E-state index in [2.05, 4.69) is 106 Å². The number of para-hydroxylation sites is 4. The zero-order chi connectivity index (χ0) is 31.1.